The molecular formula is C25H35NO7. The van der Waals surface area contributed by atoms with Gasteiger partial charge in [-0.15, -0.1) is 0 Å². The molecule has 8 nitrogen and oxygen atoms in total. The maximum Gasteiger partial charge on any atom is 0.163 e. The molecule has 2 rings (SSSR count). The molecule has 182 valence electrons. The zero-order valence-electron chi connectivity index (χ0n) is 19.5. The van der Waals surface area contributed by atoms with E-state index in [9.17, 15) is 15.0 Å². The Morgan fingerprint density at radius 1 is 0.970 bits per heavy atom. The SMILES string of the molecule is CN[C@H](CCO)Oc1ccc(CC[C@@H](O)CC(=O)CCc2ccc(O)c(OC)c2)cc1OC. The van der Waals surface area contributed by atoms with Gasteiger partial charge in [0.2, 0.25) is 0 Å². The normalized spacial score (nSPS) is 12.8. The molecule has 0 aliphatic heterocycles. The van der Waals surface area contributed by atoms with Gasteiger partial charge in [0.1, 0.15) is 5.78 Å². The third-order valence-corrected chi connectivity index (χ3v) is 5.38. The number of aliphatic hydroxyl groups is 2. The van der Waals surface area contributed by atoms with Crippen LogP contribution in [-0.4, -0.2) is 61.3 Å². The van der Waals surface area contributed by atoms with E-state index in [0.29, 0.717) is 49.4 Å². The zero-order chi connectivity index (χ0) is 24.2. The summed E-state index contributed by atoms with van der Waals surface area (Å²) >= 11 is 0. The van der Waals surface area contributed by atoms with Crippen molar-refractivity contribution in [3.05, 3.63) is 47.5 Å². The van der Waals surface area contributed by atoms with Gasteiger partial charge in [0, 0.05) is 25.9 Å². The van der Waals surface area contributed by atoms with Crippen LogP contribution >= 0.6 is 0 Å². The van der Waals surface area contributed by atoms with E-state index in [1.165, 1.54) is 7.11 Å². The Morgan fingerprint density at radius 2 is 1.64 bits per heavy atom. The standard InChI is InChI=1S/C25H35NO7/c1-26-25(12-13-27)33-22-11-7-18(15-24(22)32-3)5-9-20(29)16-19(28)8-4-17-6-10-21(30)23(14-17)31-2/h6-7,10-11,14-15,20,25-27,29-30H,4-5,8-9,12-13,16H2,1-3H3/t20-,25+/m1/s1. The Bertz CT molecular complexity index is 887. The lowest BCUT2D eigenvalue weighted by atomic mass is 10.00. The molecule has 2 atom stereocenters. The summed E-state index contributed by atoms with van der Waals surface area (Å²) in [5.41, 5.74) is 1.85. The molecule has 8 heteroatoms. The highest BCUT2D eigenvalue weighted by molar-refractivity contribution is 5.79. The van der Waals surface area contributed by atoms with Crippen molar-refractivity contribution in [2.75, 3.05) is 27.9 Å². The van der Waals surface area contributed by atoms with Crippen molar-refractivity contribution in [2.45, 2.75) is 50.9 Å². The molecule has 0 bridgehead atoms. The van der Waals surface area contributed by atoms with Crippen LogP contribution in [0.5, 0.6) is 23.0 Å². The number of phenolic OH excluding ortho intramolecular Hbond substituents is 1. The minimum absolute atomic E-state index is 0.00560. The first-order valence-electron chi connectivity index (χ1n) is 11.1. The fraction of sp³-hybridized carbons (Fsp3) is 0.480. The van der Waals surface area contributed by atoms with Crippen LogP contribution in [0.1, 0.15) is 36.8 Å². The highest BCUT2D eigenvalue weighted by Gasteiger charge is 2.15. The quantitative estimate of drug-likeness (QED) is 0.299. The molecule has 0 saturated carbocycles. The Labute approximate surface area is 195 Å². The van der Waals surface area contributed by atoms with Crippen molar-refractivity contribution in [1.29, 1.82) is 0 Å². The Kier molecular flexibility index (Phi) is 11.0. The van der Waals surface area contributed by atoms with E-state index in [4.69, 9.17) is 19.3 Å². The summed E-state index contributed by atoms with van der Waals surface area (Å²) in [4.78, 5) is 12.3. The zero-order valence-corrected chi connectivity index (χ0v) is 19.5. The molecule has 0 saturated heterocycles. The predicted molar refractivity (Wildman–Crippen MR) is 125 cm³/mol. The molecule has 0 spiro atoms. The lowest BCUT2D eigenvalue weighted by Crippen LogP contribution is -2.32. The highest BCUT2D eigenvalue weighted by atomic mass is 16.5. The molecule has 4 N–H and O–H groups in total. The van der Waals surface area contributed by atoms with Gasteiger partial charge in [0.15, 0.2) is 29.2 Å². The molecular weight excluding hydrogens is 426 g/mol. The van der Waals surface area contributed by atoms with Gasteiger partial charge in [0.25, 0.3) is 0 Å². The first-order valence-corrected chi connectivity index (χ1v) is 11.1. The summed E-state index contributed by atoms with van der Waals surface area (Å²) in [6, 6.07) is 10.6. The molecule has 0 amide bonds. The van der Waals surface area contributed by atoms with Crippen LogP contribution in [0.3, 0.4) is 0 Å². The lowest BCUT2D eigenvalue weighted by molar-refractivity contribution is -0.121. The number of carbonyl (C=O) groups excluding carboxylic acids is 1. The predicted octanol–water partition coefficient (Wildman–Crippen LogP) is 2.60. The number of rotatable bonds is 15. The molecule has 0 unspecified atom stereocenters. The van der Waals surface area contributed by atoms with Gasteiger partial charge in [-0.05, 0) is 61.7 Å². The summed E-state index contributed by atoms with van der Waals surface area (Å²) in [5, 5.41) is 32.1. The first-order chi connectivity index (χ1) is 15.9. The summed E-state index contributed by atoms with van der Waals surface area (Å²) in [6.45, 7) is 0.00560. The van der Waals surface area contributed by atoms with E-state index >= 15 is 0 Å². The minimum atomic E-state index is -0.730. The number of hydrogen-bond donors (Lipinski definition) is 4. The Hall–Kier alpha value is -2.81. The van der Waals surface area contributed by atoms with Crippen molar-refractivity contribution in [3.63, 3.8) is 0 Å². The van der Waals surface area contributed by atoms with Gasteiger partial charge >= 0.3 is 0 Å². The third-order valence-electron chi connectivity index (χ3n) is 5.38. The van der Waals surface area contributed by atoms with Crippen LogP contribution in [0.4, 0.5) is 0 Å². The maximum absolute atomic E-state index is 12.3. The number of aromatic hydroxyl groups is 1. The average Bonchev–Trinajstić information content (AvgIpc) is 2.82. The number of hydrogen-bond acceptors (Lipinski definition) is 8. The number of nitrogens with one attached hydrogen (secondary N) is 1. The van der Waals surface area contributed by atoms with Crippen molar-refractivity contribution in [3.8, 4) is 23.0 Å². The van der Waals surface area contributed by atoms with Gasteiger partial charge in [-0.1, -0.05) is 12.1 Å². The van der Waals surface area contributed by atoms with Crippen LogP contribution < -0.4 is 19.5 Å². The van der Waals surface area contributed by atoms with Crippen molar-refractivity contribution in [1.82, 2.24) is 5.32 Å². The van der Waals surface area contributed by atoms with Crippen LogP contribution in [0.15, 0.2) is 36.4 Å². The second-order valence-electron chi connectivity index (χ2n) is 7.83. The first kappa shape index (κ1) is 26.4. The van der Waals surface area contributed by atoms with E-state index in [2.05, 4.69) is 5.32 Å². The van der Waals surface area contributed by atoms with Gasteiger partial charge < -0.3 is 29.5 Å². The van der Waals surface area contributed by atoms with E-state index in [1.807, 2.05) is 12.1 Å². The Morgan fingerprint density at radius 3 is 2.30 bits per heavy atom. The molecule has 33 heavy (non-hydrogen) atoms. The number of benzene rings is 2. The summed E-state index contributed by atoms with van der Waals surface area (Å²) in [6.07, 6.45) is 1.35. The molecule has 0 aliphatic carbocycles. The third kappa shape index (κ3) is 8.57. The topological polar surface area (TPSA) is 117 Å². The number of phenols is 1. The number of aryl methyl sites for hydroxylation is 2. The number of ketones is 1. The van der Waals surface area contributed by atoms with Gasteiger partial charge in [-0.3, -0.25) is 10.1 Å². The molecule has 0 radical (unpaired) electrons. The molecule has 2 aromatic carbocycles. The molecule has 0 aromatic heterocycles. The van der Waals surface area contributed by atoms with Crippen LogP contribution in [-0.2, 0) is 17.6 Å². The van der Waals surface area contributed by atoms with Crippen molar-refractivity contribution < 1.29 is 34.3 Å². The van der Waals surface area contributed by atoms with Crippen LogP contribution in [0, 0.1) is 0 Å². The van der Waals surface area contributed by atoms with Gasteiger partial charge in [-0.25, -0.2) is 0 Å². The summed E-state index contributed by atoms with van der Waals surface area (Å²) in [5.74, 6) is 1.56. The fourth-order valence-electron chi connectivity index (χ4n) is 3.46. The van der Waals surface area contributed by atoms with Crippen LogP contribution in [0.25, 0.3) is 0 Å². The smallest absolute Gasteiger partial charge is 0.163 e. The number of Topliss-reactive ketones (excluding diaryl/α,β-unsaturated/α-hetero) is 1. The second kappa shape index (κ2) is 13.7. The van der Waals surface area contributed by atoms with E-state index in [-0.39, 0.29) is 30.8 Å². The maximum atomic E-state index is 12.3. The average molecular weight is 462 g/mol. The van der Waals surface area contributed by atoms with Crippen molar-refractivity contribution >= 4 is 5.78 Å². The second-order valence-corrected chi connectivity index (χ2v) is 7.83. The van der Waals surface area contributed by atoms with E-state index in [0.717, 1.165) is 11.1 Å². The minimum Gasteiger partial charge on any atom is -0.504 e. The van der Waals surface area contributed by atoms with E-state index < -0.39 is 6.10 Å². The monoisotopic (exact) mass is 461 g/mol. The van der Waals surface area contributed by atoms with Gasteiger partial charge in [0.05, 0.1) is 20.3 Å². The Balaban J connectivity index is 1.83. The van der Waals surface area contributed by atoms with E-state index in [1.54, 1.807) is 38.4 Å². The molecule has 0 heterocycles. The van der Waals surface area contributed by atoms with Crippen LogP contribution in [0.2, 0.25) is 0 Å². The largest absolute Gasteiger partial charge is 0.504 e. The molecule has 0 fully saturated rings. The lowest BCUT2D eigenvalue weighted by Gasteiger charge is -2.19. The molecule has 2 aromatic rings. The van der Waals surface area contributed by atoms with Gasteiger partial charge in [-0.2, -0.15) is 0 Å². The summed E-state index contributed by atoms with van der Waals surface area (Å²) in [7, 11) is 4.79. The highest BCUT2D eigenvalue weighted by Crippen LogP contribution is 2.30. The number of methoxy groups -OCH3 is 2. The fourth-order valence-corrected chi connectivity index (χ4v) is 3.46. The number of ether oxygens (including phenoxy) is 3. The summed E-state index contributed by atoms with van der Waals surface area (Å²) < 4.78 is 16.3. The van der Waals surface area contributed by atoms with Crippen molar-refractivity contribution in [2.24, 2.45) is 0 Å². The molecule has 0 aliphatic rings. The number of aliphatic hydroxyl groups excluding tert-OH is 2. The number of carbonyl (C=O) groups is 1.